The first kappa shape index (κ1) is 13.4. The third kappa shape index (κ3) is 2.85. The van der Waals surface area contributed by atoms with Crippen molar-refractivity contribution in [3.05, 3.63) is 58.5 Å². The van der Waals surface area contributed by atoms with Gasteiger partial charge in [-0.15, -0.1) is 0 Å². The molecule has 3 N–H and O–H groups in total. The number of rotatable bonds is 3. The second kappa shape index (κ2) is 5.28. The number of halogens is 1. The van der Waals surface area contributed by atoms with E-state index in [2.05, 4.69) is 5.10 Å². The maximum atomic E-state index is 8.30. The van der Waals surface area contributed by atoms with Crippen LogP contribution in [0.15, 0.2) is 42.4 Å². The molecule has 2 rings (SSSR count). The molecule has 0 amide bonds. The van der Waals surface area contributed by atoms with Gasteiger partial charge in [-0.05, 0) is 24.6 Å². The summed E-state index contributed by atoms with van der Waals surface area (Å²) in [5.41, 5.74) is 9.19. The standard InChI is InChI=1S/C14H15ClN4/c1-9(16)13(10-3-5-12(15)6-4-10)14(17)11-7-18-19(2)8-11/h3-8,17H,16H2,1-2H3/b13-9-,17-14?. The quantitative estimate of drug-likeness (QED) is 0.845. The normalized spacial score (nSPS) is 12.2. The molecule has 0 saturated carbocycles. The number of nitrogens with zero attached hydrogens (tertiary/aromatic N) is 2. The summed E-state index contributed by atoms with van der Waals surface area (Å²) in [6, 6.07) is 7.30. The number of aryl methyl sites for hydroxylation is 1. The van der Waals surface area contributed by atoms with Crippen LogP contribution in [0.4, 0.5) is 0 Å². The van der Waals surface area contributed by atoms with E-state index in [0.29, 0.717) is 22.0 Å². The van der Waals surface area contributed by atoms with Crippen molar-refractivity contribution in [1.82, 2.24) is 9.78 Å². The van der Waals surface area contributed by atoms with Gasteiger partial charge in [-0.1, -0.05) is 23.7 Å². The van der Waals surface area contributed by atoms with Gasteiger partial charge in [-0.25, -0.2) is 0 Å². The lowest BCUT2D eigenvalue weighted by atomic mass is 9.96. The van der Waals surface area contributed by atoms with Gasteiger partial charge in [0.15, 0.2) is 0 Å². The number of nitrogens with one attached hydrogen (secondary N) is 1. The van der Waals surface area contributed by atoms with E-state index in [9.17, 15) is 0 Å². The van der Waals surface area contributed by atoms with Crippen molar-refractivity contribution in [2.75, 3.05) is 0 Å². The molecular formula is C14H15ClN4. The van der Waals surface area contributed by atoms with E-state index < -0.39 is 0 Å². The van der Waals surface area contributed by atoms with Crippen LogP contribution in [0.5, 0.6) is 0 Å². The molecule has 0 atom stereocenters. The molecule has 0 aliphatic rings. The first-order chi connectivity index (χ1) is 8.99. The molecule has 4 nitrogen and oxygen atoms in total. The number of allylic oxidation sites excluding steroid dienone is 2. The average molecular weight is 275 g/mol. The molecule has 5 heteroatoms. The van der Waals surface area contributed by atoms with Crippen LogP contribution in [-0.2, 0) is 7.05 Å². The molecule has 0 bridgehead atoms. The molecule has 19 heavy (non-hydrogen) atoms. The Labute approximate surface area is 117 Å². The molecule has 1 aromatic carbocycles. The number of hydrogen-bond acceptors (Lipinski definition) is 3. The van der Waals surface area contributed by atoms with Crippen LogP contribution in [0, 0.1) is 5.41 Å². The van der Waals surface area contributed by atoms with Gasteiger partial charge in [0, 0.05) is 35.1 Å². The van der Waals surface area contributed by atoms with Crippen LogP contribution in [-0.4, -0.2) is 15.5 Å². The first-order valence-electron chi connectivity index (χ1n) is 5.79. The van der Waals surface area contributed by atoms with Crippen LogP contribution in [0.3, 0.4) is 0 Å². The molecule has 0 fully saturated rings. The van der Waals surface area contributed by atoms with Crippen LogP contribution in [0.2, 0.25) is 5.02 Å². The Morgan fingerprint density at radius 3 is 2.37 bits per heavy atom. The zero-order valence-corrected chi connectivity index (χ0v) is 11.6. The van der Waals surface area contributed by atoms with E-state index in [-0.39, 0.29) is 0 Å². The van der Waals surface area contributed by atoms with Gasteiger partial charge in [0.25, 0.3) is 0 Å². The van der Waals surface area contributed by atoms with E-state index in [4.69, 9.17) is 22.7 Å². The Morgan fingerprint density at radius 2 is 1.89 bits per heavy atom. The average Bonchev–Trinajstić information content (AvgIpc) is 2.78. The van der Waals surface area contributed by atoms with Gasteiger partial charge >= 0.3 is 0 Å². The maximum absolute atomic E-state index is 8.30. The SMILES string of the molecule is C/C(N)=C(/C(=N)c1cnn(C)c1)c1ccc(Cl)cc1. The Balaban J connectivity index is 2.45. The van der Waals surface area contributed by atoms with Crippen molar-refractivity contribution in [3.63, 3.8) is 0 Å². The van der Waals surface area contributed by atoms with Gasteiger partial charge in [0.1, 0.15) is 0 Å². The molecule has 0 saturated heterocycles. The molecule has 0 spiro atoms. The van der Waals surface area contributed by atoms with Gasteiger partial charge < -0.3 is 5.73 Å². The number of benzene rings is 1. The monoisotopic (exact) mass is 274 g/mol. The van der Waals surface area contributed by atoms with Crippen LogP contribution in [0.25, 0.3) is 5.57 Å². The topological polar surface area (TPSA) is 67.7 Å². The second-order valence-corrected chi connectivity index (χ2v) is 4.78. The number of hydrogen-bond donors (Lipinski definition) is 2. The highest BCUT2D eigenvalue weighted by atomic mass is 35.5. The summed E-state index contributed by atoms with van der Waals surface area (Å²) in [6.07, 6.45) is 3.45. The Morgan fingerprint density at radius 1 is 1.26 bits per heavy atom. The molecule has 0 aliphatic carbocycles. The molecule has 0 radical (unpaired) electrons. The molecule has 1 heterocycles. The lowest BCUT2D eigenvalue weighted by Crippen LogP contribution is -2.08. The van der Waals surface area contributed by atoms with Crippen molar-refractivity contribution in [1.29, 1.82) is 5.41 Å². The largest absolute Gasteiger partial charge is 0.402 e. The summed E-state index contributed by atoms with van der Waals surface area (Å²) in [4.78, 5) is 0. The highest BCUT2D eigenvalue weighted by Crippen LogP contribution is 2.23. The minimum absolute atomic E-state index is 0.357. The smallest absolute Gasteiger partial charge is 0.0739 e. The molecule has 2 aromatic rings. The van der Waals surface area contributed by atoms with Crippen molar-refractivity contribution in [3.8, 4) is 0 Å². The summed E-state index contributed by atoms with van der Waals surface area (Å²) in [5, 5.41) is 13.0. The van der Waals surface area contributed by atoms with Gasteiger partial charge in [-0.2, -0.15) is 5.10 Å². The molecular weight excluding hydrogens is 260 g/mol. The summed E-state index contributed by atoms with van der Waals surface area (Å²) >= 11 is 5.88. The molecule has 98 valence electrons. The second-order valence-electron chi connectivity index (χ2n) is 4.34. The van der Waals surface area contributed by atoms with E-state index >= 15 is 0 Å². The van der Waals surface area contributed by atoms with Crippen LogP contribution < -0.4 is 5.73 Å². The fraction of sp³-hybridized carbons (Fsp3) is 0.143. The fourth-order valence-electron chi connectivity index (χ4n) is 1.88. The summed E-state index contributed by atoms with van der Waals surface area (Å²) in [7, 11) is 1.82. The van der Waals surface area contributed by atoms with E-state index in [1.54, 1.807) is 36.1 Å². The van der Waals surface area contributed by atoms with Gasteiger partial charge in [0.2, 0.25) is 0 Å². The Bertz CT molecular complexity index is 634. The molecule has 0 unspecified atom stereocenters. The highest BCUT2D eigenvalue weighted by Gasteiger charge is 2.14. The van der Waals surface area contributed by atoms with Crippen LogP contribution in [0.1, 0.15) is 18.1 Å². The van der Waals surface area contributed by atoms with E-state index in [1.807, 2.05) is 19.2 Å². The van der Waals surface area contributed by atoms with Crippen molar-refractivity contribution < 1.29 is 0 Å². The summed E-state index contributed by atoms with van der Waals surface area (Å²) < 4.78 is 1.66. The Kier molecular flexibility index (Phi) is 3.71. The van der Waals surface area contributed by atoms with E-state index in [0.717, 1.165) is 11.1 Å². The Hall–Kier alpha value is -2.07. The lowest BCUT2D eigenvalue weighted by Gasteiger charge is -2.10. The van der Waals surface area contributed by atoms with E-state index in [1.165, 1.54) is 0 Å². The maximum Gasteiger partial charge on any atom is 0.0739 e. The predicted molar refractivity (Wildman–Crippen MR) is 78.3 cm³/mol. The van der Waals surface area contributed by atoms with Crippen molar-refractivity contribution >= 4 is 22.9 Å². The lowest BCUT2D eigenvalue weighted by molar-refractivity contribution is 0.767. The third-order valence-electron chi connectivity index (χ3n) is 2.77. The van der Waals surface area contributed by atoms with Gasteiger partial charge in [-0.3, -0.25) is 10.1 Å². The minimum Gasteiger partial charge on any atom is -0.402 e. The zero-order chi connectivity index (χ0) is 14.0. The number of nitrogens with two attached hydrogens (primary N) is 1. The fourth-order valence-corrected chi connectivity index (χ4v) is 2.01. The summed E-state index contributed by atoms with van der Waals surface area (Å²) in [5.74, 6) is 0. The predicted octanol–water partition coefficient (Wildman–Crippen LogP) is 2.83. The third-order valence-corrected chi connectivity index (χ3v) is 3.02. The first-order valence-corrected chi connectivity index (χ1v) is 6.17. The zero-order valence-electron chi connectivity index (χ0n) is 10.8. The number of aromatic nitrogens is 2. The van der Waals surface area contributed by atoms with Gasteiger partial charge in [0.05, 0.1) is 11.9 Å². The molecule has 1 aromatic heterocycles. The summed E-state index contributed by atoms with van der Waals surface area (Å²) in [6.45, 7) is 1.79. The van der Waals surface area contributed by atoms with Crippen LogP contribution >= 0.6 is 11.6 Å². The minimum atomic E-state index is 0.357. The highest BCUT2D eigenvalue weighted by molar-refractivity contribution is 6.32. The van der Waals surface area contributed by atoms with Crippen molar-refractivity contribution in [2.45, 2.75) is 6.92 Å². The van der Waals surface area contributed by atoms with Crippen molar-refractivity contribution in [2.24, 2.45) is 12.8 Å². The molecule has 0 aliphatic heterocycles.